The predicted molar refractivity (Wildman–Crippen MR) is 116 cm³/mol. The zero-order chi connectivity index (χ0) is 20.8. The molecule has 0 saturated heterocycles. The van der Waals surface area contributed by atoms with Crippen LogP contribution in [0.3, 0.4) is 0 Å². The number of carbonyl (C=O) groups is 1. The second kappa shape index (κ2) is 9.57. The van der Waals surface area contributed by atoms with Crippen molar-refractivity contribution < 1.29 is 9.53 Å². The Morgan fingerprint density at radius 2 is 2.03 bits per heavy atom. The molecule has 2 heterocycles. The van der Waals surface area contributed by atoms with Crippen molar-refractivity contribution >= 4 is 5.91 Å². The van der Waals surface area contributed by atoms with E-state index in [1.807, 2.05) is 49.4 Å². The second-order valence-corrected chi connectivity index (χ2v) is 7.67. The maximum Gasteiger partial charge on any atom is 0.255 e. The quantitative estimate of drug-likeness (QED) is 0.631. The van der Waals surface area contributed by atoms with Gasteiger partial charge >= 0.3 is 0 Å². The zero-order valence-electron chi connectivity index (χ0n) is 17.4. The van der Waals surface area contributed by atoms with Crippen LogP contribution in [0.2, 0.25) is 0 Å². The van der Waals surface area contributed by atoms with Gasteiger partial charge in [-0.3, -0.25) is 4.79 Å². The molecular formula is C24H28N4O2. The molecule has 0 spiro atoms. The number of benzene rings is 1. The van der Waals surface area contributed by atoms with Gasteiger partial charge in [0, 0.05) is 12.7 Å². The summed E-state index contributed by atoms with van der Waals surface area (Å²) < 4.78 is 7.87. The van der Waals surface area contributed by atoms with Gasteiger partial charge < -0.3 is 10.1 Å². The van der Waals surface area contributed by atoms with Gasteiger partial charge in [-0.05, 0) is 61.9 Å². The Morgan fingerprint density at radius 3 is 2.80 bits per heavy atom. The average Bonchev–Trinajstić information content (AvgIpc) is 3.23. The summed E-state index contributed by atoms with van der Waals surface area (Å²) in [6.07, 6.45) is 10.4. The molecule has 1 aromatic carbocycles. The Balaban J connectivity index is 1.41. The van der Waals surface area contributed by atoms with Crippen molar-refractivity contribution in [3.05, 3.63) is 71.7 Å². The number of hydrogen-bond acceptors (Lipinski definition) is 4. The summed E-state index contributed by atoms with van der Waals surface area (Å²) in [5.74, 6) is 1.46. The van der Waals surface area contributed by atoms with Gasteiger partial charge in [0.05, 0.1) is 23.6 Å². The van der Waals surface area contributed by atoms with E-state index in [2.05, 4.69) is 15.4 Å². The first kappa shape index (κ1) is 20.1. The molecule has 156 valence electrons. The Bertz CT molecular complexity index is 978. The van der Waals surface area contributed by atoms with Crippen molar-refractivity contribution in [1.29, 1.82) is 0 Å². The number of hydrogen-bond donors (Lipinski definition) is 1. The predicted octanol–water partition coefficient (Wildman–Crippen LogP) is 4.47. The van der Waals surface area contributed by atoms with Gasteiger partial charge in [0.1, 0.15) is 5.75 Å². The molecule has 2 aromatic heterocycles. The fourth-order valence-corrected chi connectivity index (χ4v) is 3.96. The number of aromatic nitrogens is 3. The molecule has 4 rings (SSSR count). The summed E-state index contributed by atoms with van der Waals surface area (Å²) in [5.41, 5.74) is 2.45. The van der Waals surface area contributed by atoms with Crippen molar-refractivity contribution in [2.24, 2.45) is 0 Å². The fourth-order valence-electron chi connectivity index (χ4n) is 3.96. The molecule has 0 radical (unpaired) electrons. The topological polar surface area (TPSA) is 69.0 Å². The molecule has 1 amide bonds. The first-order valence-electron chi connectivity index (χ1n) is 10.8. The third-order valence-corrected chi connectivity index (χ3v) is 5.52. The van der Waals surface area contributed by atoms with Gasteiger partial charge in [0.2, 0.25) is 0 Å². The van der Waals surface area contributed by atoms with Gasteiger partial charge in [-0.15, -0.1) is 0 Å². The average molecular weight is 405 g/mol. The van der Waals surface area contributed by atoms with Crippen LogP contribution in [0, 0.1) is 0 Å². The third kappa shape index (κ3) is 4.70. The lowest BCUT2D eigenvalue weighted by Gasteiger charge is -2.23. The number of nitrogens with zero attached hydrogens (tertiary/aromatic N) is 3. The Hall–Kier alpha value is -3.15. The molecule has 1 N–H and O–H groups in total. The summed E-state index contributed by atoms with van der Waals surface area (Å²) in [7, 11) is 0. The fraction of sp³-hybridized carbons (Fsp3) is 0.375. The molecule has 1 aliphatic carbocycles. The highest BCUT2D eigenvalue weighted by Gasteiger charge is 2.18. The minimum absolute atomic E-state index is 0.132. The molecule has 0 unspecified atom stereocenters. The van der Waals surface area contributed by atoms with Crippen LogP contribution in [0.15, 0.2) is 54.9 Å². The maximum atomic E-state index is 12.8. The highest BCUT2D eigenvalue weighted by atomic mass is 16.5. The number of carbonyl (C=O) groups excluding carboxylic acids is 1. The van der Waals surface area contributed by atoms with Crippen molar-refractivity contribution in [3.63, 3.8) is 0 Å². The van der Waals surface area contributed by atoms with Crippen LogP contribution >= 0.6 is 0 Å². The SMILES string of the molecule is CCc1c(C(=O)NCc2cccc(OC3CCCCC3)c2)cnn1-c1ccccn1. The second-order valence-electron chi connectivity index (χ2n) is 7.67. The van der Waals surface area contributed by atoms with Crippen LogP contribution < -0.4 is 10.1 Å². The lowest BCUT2D eigenvalue weighted by Crippen LogP contribution is -2.24. The molecule has 1 saturated carbocycles. The normalized spacial score (nSPS) is 14.4. The van der Waals surface area contributed by atoms with E-state index in [1.165, 1.54) is 19.3 Å². The first-order chi connectivity index (χ1) is 14.7. The molecule has 0 aliphatic heterocycles. The number of ether oxygens (including phenoxy) is 1. The molecular weight excluding hydrogens is 376 g/mol. The summed E-state index contributed by atoms with van der Waals surface area (Å²) in [5, 5.41) is 7.40. The van der Waals surface area contributed by atoms with Crippen LogP contribution in [0.4, 0.5) is 0 Å². The van der Waals surface area contributed by atoms with Crippen molar-refractivity contribution in [1.82, 2.24) is 20.1 Å². The molecule has 6 nitrogen and oxygen atoms in total. The van der Waals surface area contributed by atoms with E-state index in [9.17, 15) is 4.79 Å². The summed E-state index contributed by atoms with van der Waals surface area (Å²) >= 11 is 0. The number of amides is 1. The van der Waals surface area contributed by atoms with Crippen molar-refractivity contribution in [2.75, 3.05) is 0 Å². The largest absolute Gasteiger partial charge is 0.490 e. The minimum Gasteiger partial charge on any atom is -0.490 e. The van der Waals surface area contributed by atoms with Gasteiger partial charge in [-0.25, -0.2) is 9.67 Å². The van der Waals surface area contributed by atoms with E-state index in [0.29, 0.717) is 30.5 Å². The van der Waals surface area contributed by atoms with Gasteiger partial charge in [-0.2, -0.15) is 5.10 Å². The summed E-state index contributed by atoms with van der Waals surface area (Å²) in [4.78, 5) is 17.2. The van der Waals surface area contributed by atoms with Crippen molar-refractivity contribution in [3.8, 4) is 11.6 Å². The zero-order valence-corrected chi connectivity index (χ0v) is 17.4. The van der Waals surface area contributed by atoms with Crippen LogP contribution in [0.25, 0.3) is 5.82 Å². The first-order valence-corrected chi connectivity index (χ1v) is 10.8. The monoisotopic (exact) mass is 404 g/mol. The number of nitrogens with one attached hydrogen (secondary N) is 1. The van der Waals surface area contributed by atoms with E-state index in [-0.39, 0.29) is 5.91 Å². The maximum absolute atomic E-state index is 12.8. The van der Waals surface area contributed by atoms with Crippen LogP contribution in [0.1, 0.15) is 60.6 Å². The Kier molecular flexibility index (Phi) is 6.42. The van der Waals surface area contributed by atoms with Crippen LogP contribution in [-0.2, 0) is 13.0 Å². The summed E-state index contributed by atoms with van der Waals surface area (Å²) in [6, 6.07) is 13.6. The lowest BCUT2D eigenvalue weighted by atomic mass is 9.98. The lowest BCUT2D eigenvalue weighted by molar-refractivity contribution is 0.0949. The Morgan fingerprint density at radius 1 is 1.17 bits per heavy atom. The molecule has 0 bridgehead atoms. The third-order valence-electron chi connectivity index (χ3n) is 5.52. The molecule has 30 heavy (non-hydrogen) atoms. The number of rotatable bonds is 7. The standard InChI is InChI=1S/C24H28N4O2/c1-2-22-21(17-27-28(22)23-13-6-7-14-25-23)24(29)26-16-18-9-8-12-20(15-18)30-19-10-4-3-5-11-19/h6-9,12-15,17,19H,2-5,10-11,16H2,1H3,(H,26,29). The van der Waals surface area contributed by atoms with Gasteiger partial charge in [-0.1, -0.05) is 31.5 Å². The van der Waals surface area contributed by atoms with E-state index in [1.54, 1.807) is 17.1 Å². The molecule has 6 heteroatoms. The van der Waals surface area contributed by atoms with Gasteiger partial charge in [0.15, 0.2) is 5.82 Å². The number of pyridine rings is 1. The van der Waals surface area contributed by atoms with Crippen molar-refractivity contribution in [2.45, 2.75) is 58.1 Å². The van der Waals surface area contributed by atoms with Gasteiger partial charge in [0.25, 0.3) is 5.91 Å². The Labute approximate surface area is 177 Å². The van der Waals surface area contributed by atoms with E-state index < -0.39 is 0 Å². The highest BCUT2D eigenvalue weighted by molar-refractivity contribution is 5.95. The minimum atomic E-state index is -0.132. The molecule has 1 fully saturated rings. The summed E-state index contributed by atoms with van der Waals surface area (Å²) in [6.45, 7) is 2.46. The van der Waals surface area contributed by atoms with E-state index in [0.717, 1.165) is 29.8 Å². The molecule has 1 aliphatic rings. The molecule has 3 aromatic rings. The van der Waals surface area contributed by atoms with Crippen LogP contribution in [-0.4, -0.2) is 26.8 Å². The smallest absolute Gasteiger partial charge is 0.255 e. The van der Waals surface area contributed by atoms with E-state index >= 15 is 0 Å². The van der Waals surface area contributed by atoms with E-state index in [4.69, 9.17) is 4.74 Å². The molecule has 0 atom stereocenters. The highest BCUT2D eigenvalue weighted by Crippen LogP contribution is 2.24. The van der Waals surface area contributed by atoms with Crippen LogP contribution in [0.5, 0.6) is 5.75 Å².